The normalized spacial score (nSPS) is 10.1. The van der Waals surface area contributed by atoms with Gasteiger partial charge in [-0.15, -0.1) is 0 Å². The largest absolute Gasteiger partial charge is 0.481 e. The first kappa shape index (κ1) is 16.1. The van der Waals surface area contributed by atoms with E-state index in [9.17, 15) is 14.4 Å². The van der Waals surface area contributed by atoms with Gasteiger partial charge in [-0.3, -0.25) is 9.59 Å². The minimum absolute atomic E-state index is 0. The summed E-state index contributed by atoms with van der Waals surface area (Å²) in [7, 11) is 0. The van der Waals surface area contributed by atoms with E-state index in [0.717, 1.165) is 0 Å². The van der Waals surface area contributed by atoms with Crippen LogP contribution in [0.5, 0.6) is 0 Å². The Balaban J connectivity index is 0. The van der Waals surface area contributed by atoms with E-state index in [2.05, 4.69) is 0 Å². The Hall–Kier alpha value is -0.383. The monoisotopic (exact) mass is 358 g/mol. The van der Waals surface area contributed by atoms with Gasteiger partial charge >= 0.3 is 17.9 Å². The molecule has 0 aromatic rings. The van der Waals surface area contributed by atoms with Gasteiger partial charge in [-0.2, -0.15) is 0 Å². The summed E-state index contributed by atoms with van der Waals surface area (Å²) in [6.07, 6.45) is -2.29. The van der Waals surface area contributed by atoms with E-state index >= 15 is 0 Å². The van der Waals surface area contributed by atoms with Gasteiger partial charge in [0.05, 0.1) is 12.8 Å². The van der Waals surface area contributed by atoms with Crippen molar-refractivity contribution in [1.29, 1.82) is 0 Å². The van der Waals surface area contributed by atoms with E-state index in [1.165, 1.54) is 0 Å². The zero-order valence-electron chi connectivity index (χ0n) is 6.72. The average Bonchev–Trinajstić information content (AvgIpc) is 1.82. The molecule has 4 N–H and O–H groups in total. The van der Waals surface area contributed by atoms with Gasteiger partial charge in [0.1, 0.15) is 0 Å². The van der Waals surface area contributed by atoms with Crippen molar-refractivity contribution in [2.75, 3.05) is 0 Å². The van der Waals surface area contributed by atoms with Gasteiger partial charge in [0.25, 0.3) is 0 Å². The maximum Gasteiger partial charge on any atom is 0.336 e. The summed E-state index contributed by atoms with van der Waals surface area (Å²) in [4.78, 5) is 30.5. The Labute approximate surface area is 108 Å². The van der Waals surface area contributed by atoms with Crippen molar-refractivity contribution in [3.05, 3.63) is 0 Å². The molecule has 0 unspecified atom stereocenters. The van der Waals surface area contributed by atoms with Crippen LogP contribution in [-0.4, -0.2) is 43.9 Å². The van der Waals surface area contributed by atoms with E-state index in [4.69, 9.17) is 20.4 Å². The summed E-state index contributed by atoms with van der Waals surface area (Å²) in [5.74, 6) is -5.02. The standard InChI is InChI=1S/C6H8O7.Er/c7-3(8)1-6(13,5(11)12)2-4(9)10;/h13H,1-2H2,(H,7,8)(H,9,10)(H,11,12);. The van der Waals surface area contributed by atoms with Crippen LogP contribution < -0.4 is 0 Å². The molecule has 8 heteroatoms. The van der Waals surface area contributed by atoms with Gasteiger partial charge in [0.2, 0.25) is 0 Å². The second-order valence-corrected chi connectivity index (χ2v) is 2.48. The summed E-state index contributed by atoms with van der Waals surface area (Å²) in [5, 5.41) is 33.8. The van der Waals surface area contributed by atoms with Gasteiger partial charge in [-0.25, -0.2) is 4.79 Å². The van der Waals surface area contributed by atoms with E-state index in [1.54, 1.807) is 0 Å². The summed E-state index contributed by atoms with van der Waals surface area (Å²) in [6, 6.07) is 0. The van der Waals surface area contributed by atoms with Crippen molar-refractivity contribution in [1.82, 2.24) is 0 Å². The molecular formula is C6H8ErO7. The summed E-state index contributed by atoms with van der Waals surface area (Å²) < 4.78 is 0. The van der Waals surface area contributed by atoms with Crippen molar-refractivity contribution >= 4 is 17.9 Å². The molecule has 0 aliphatic carbocycles. The van der Waals surface area contributed by atoms with Crippen LogP contribution in [0.25, 0.3) is 0 Å². The van der Waals surface area contributed by atoms with Gasteiger partial charge in [0, 0.05) is 37.3 Å². The van der Waals surface area contributed by atoms with Crippen LogP contribution >= 0.6 is 0 Å². The average molecular weight is 359 g/mol. The quantitative estimate of drug-likeness (QED) is 0.482. The Morgan fingerprint density at radius 3 is 1.36 bits per heavy atom. The first-order chi connectivity index (χ1) is 5.78. The fourth-order valence-corrected chi connectivity index (χ4v) is 0.714. The molecule has 0 saturated heterocycles. The number of carboxylic acid groups (broad SMARTS) is 3. The molecule has 7 nitrogen and oxygen atoms in total. The Morgan fingerprint density at radius 1 is 0.929 bits per heavy atom. The molecule has 0 rings (SSSR count). The van der Waals surface area contributed by atoms with Crippen molar-refractivity contribution in [2.45, 2.75) is 18.4 Å². The van der Waals surface area contributed by atoms with Crippen molar-refractivity contribution in [3.63, 3.8) is 0 Å². The zero-order valence-corrected chi connectivity index (χ0v) is 8.57. The molecule has 0 amide bonds. The predicted octanol–water partition coefficient (Wildman–Crippen LogP) is -1.25. The maximum atomic E-state index is 10.3. The fraction of sp³-hybridized carbons (Fsp3) is 0.500. The number of carboxylic acids is 3. The summed E-state index contributed by atoms with van der Waals surface area (Å²) in [5.41, 5.74) is -2.74. The fourth-order valence-electron chi connectivity index (χ4n) is 0.714. The SMILES string of the molecule is O=C(O)CC(O)(CC(=O)O)C(=O)O.[Er]. The molecule has 0 radical (unpaired) electrons. The predicted molar refractivity (Wildman–Crippen MR) is 37.1 cm³/mol. The number of rotatable bonds is 5. The first-order valence-electron chi connectivity index (χ1n) is 3.17. The second-order valence-electron chi connectivity index (χ2n) is 2.48. The van der Waals surface area contributed by atoms with Gasteiger partial charge in [0.15, 0.2) is 5.60 Å². The van der Waals surface area contributed by atoms with Crippen LogP contribution in [-0.2, 0) is 14.4 Å². The number of aliphatic hydroxyl groups is 1. The molecule has 14 heavy (non-hydrogen) atoms. The zero-order chi connectivity index (χ0) is 10.6. The number of hydrogen-bond donors (Lipinski definition) is 4. The number of hydrogen-bond acceptors (Lipinski definition) is 4. The van der Waals surface area contributed by atoms with Crippen molar-refractivity contribution < 1.29 is 72.1 Å². The Bertz CT molecular complexity index is 233. The minimum Gasteiger partial charge on any atom is -0.481 e. The topological polar surface area (TPSA) is 132 Å². The molecular weight excluding hydrogens is 351 g/mol. The van der Waals surface area contributed by atoms with Crippen LogP contribution in [0.15, 0.2) is 0 Å². The van der Waals surface area contributed by atoms with Crippen LogP contribution in [0.4, 0.5) is 0 Å². The van der Waals surface area contributed by atoms with Crippen molar-refractivity contribution in [2.24, 2.45) is 0 Å². The molecule has 0 fully saturated rings. The molecule has 0 spiro atoms. The molecule has 0 aliphatic heterocycles. The minimum atomic E-state index is -2.74. The number of carbonyl (C=O) groups is 3. The molecule has 0 aromatic carbocycles. The number of aliphatic carboxylic acids is 3. The van der Waals surface area contributed by atoms with Gasteiger partial charge in [-0.1, -0.05) is 0 Å². The van der Waals surface area contributed by atoms with E-state index in [0.29, 0.717) is 0 Å². The van der Waals surface area contributed by atoms with Gasteiger partial charge in [-0.05, 0) is 0 Å². The third kappa shape index (κ3) is 5.37. The molecule has 86 valence electrons. The van der Waals surface area contributed by atoms with Crippen LogP contribution in [0.3, 0.4) is 0 Å². The van der Waals surface area contributed by atoms with Crippen LogP contribution in [0.2, 0.25) is 0 Å². The second kappa shape index (κ2) is 6.17. The summed E-state index contributed by atoms with van der Waals surface area (Å²) in [6.45, 7) is 0. The van der Waals surface area contributed by atoms with E-state index in [-0.39, 0.29) is 37.3 Å². The first-order valence-corrected chi connectivity index (χ1v) is 3.17. The summed E-state index contributed by atoms with van der Waals surface area (Å²) >= 11 is 0. The Morgan fingerprint density at radius 2 is 1.21 bits per heavy atom. The third-order valence-electron chi connectivity index (χ3n) is 1.29. The molecule has 0 aliphatic rings. The molecule has 0 saturated carbocycles. The van der Waals surface area contributed by atoms with Crippen molar-refractivity contribution in [3.8, 4) is 0 Å². The maximum absolute atomic E-state index is 10.3. The van der Waals surface area contributed by atoms with E-state index in [1.807, 2.05) is 0 Å². The molecule has 0 aromatic heterocycles. The van der Waals surface area contributed by atoms with Crippen LogP contribution in [0.1, 0.15) is 12.8 Å². The van der Waals surface area contributed by atoms with Gasteiger partial charge < -0.3 is 20.4 Å². The molecule has 0 atom stereocenters. The third-order valence-corrected chi connectivity index (χ3v) is 1.29. The smallest absolute Gasteiger partial charge is 0.336 e. The Kier molecular flexibility index (Phi) is 7.07. The molecule has 0 heterocycles. The van der Waals surface area contributed by atoms with Crippen LogP contribution in [0, 0.1) is 37.3 Å². The van der Waals surface area contributed by atoms with E-state index < -0.39 is 36.4 Å². The molecule has 0 bridgehead atoms.